The van der Waals surface area contributed by atoms with Gasteiger partial charge in [-0.15, -0.1) is 0 Å². The lowest BCUT2D eigenvalue weighted by molar-refractivity contribution is -0.140. The third kappa shape index (κ3) is 4.06. The van der Waals surface area contributed by atoms with Crippen molar-refractivity contribution in [3.05, 3.63) is 56.8 Å². The van der Waals surface area contributed by atoms with Gasteiger partial charge in [-0.1, -0.05) is 36.2 Å². The summed E-state index contributed by atoms with van der Waals surface area (Å²) in [5.41, 5.74) is -1.87. The smallest absolute Gasteiger partial charge is 0.306 e. The number of ether oxygens (including phenoxy) is 4. The summed E-state index contributed by atoms with van der Waals surface area (Å²) in [5.74, 6) is -4.28. The number of rotatable bonds is 6. The maximum atomic E-state index is 14.0. The summed E-state index contributed by atoms with van der Waals surface area (Å²) in [4.78, 5) is 39.7. The standard InChI is InChI=1S/C26H24Cl2O9/c1-11-7-16(30)20(13(9-19(31)36-4)12-5-6-15(29)14(27)8-12)24(32)26(11)25(33)21-17(34-2)10-18(35-3)22(28)23(21)37-26/h5-6,8,10-11,13,29,32H,7,9H2,1-4H3/t11-,13+,26+/m1/s1. The second-order valence-electron chi connectivity index (χ2n) is 8.80. The van der Waals surface area contributed by atoms with Gasteiger partial charge in [-0.2, -0.15) is 0 Å². The Morgan fingerprint density at radius 2 is 1.81 bits per heavy atom. The summed E-state index contributed by atoms with van der Waals surface area (Å²) in [5, 5.41) is 21.5. The number of hydrogen-bond donors (Lipinski definition) is 2. The number of carbonyl (C=O) groups excluding carboxylic acids is 3. The maximum Gasteiger partial charge on any atom is 0.306 e. The highest BCUT2D eigenvalue weighted by atomic mass is 35.5. The fraction of sp³-hybridized carbons (Fsp3) is 0.346. The molecule has 2 aliphatic rings. The molecule has 1 spiro atoms. The Kier molecular flexibility index (Phi) is 7.05. The van der Waals surface area contributed by atoms with Crippen LogP contribution in [0.3, 0.4) is 0 Å². The first-order valence-electron chi connectivity index (χ1n) is 11.2. The molecule has 0 aromatic heterocycles. The van der Waals surface area contributed by atoms with Crippen LogP contribution in [-0.4, -0.2) is 54.7 Å². The summed E-state index contributed by atoms with van der Waals surface area (Å²) in [6.07, 6.45) is -0.536. The van der Waals surface area contributed by atoms with Crippen molar-refractivity contribution in [3.63, 3.8) is 0 Å². The zero-order valence-electron chi connectivity index (χ0n) is 20.4. The number of benzene rings is 2. The Bertz CT molecular complexity index is 1350. The van der Waals surface area contributed by atoms with Crippen molar-refractivity contribution in [2.24, 2.45) is 5.92 Å². The van der Waals surface area contributed by atoms with Gasteiger partial charge in [0, 0.05) is 29.9 Å². The number of esters is 1. The molecule has 2 aromatic carbocycles. The topological polar surface area (TPSA) is 129 Å². The van der Waals surface area contributed by atoms with Crippen molar-refractivity contribution in [1.29, 1.82) is 0 Å². The minimum atomic E-state index is -2.01. The van der Waals surface area contributed by atoms with Crippen molar-refractivity contribution in [1.82, 2.24) is 0 Å². The van der Waals surface area contributed by atoms with E-state index >= 15 is 0 Å². The number of fused-ring (bicyclic) bond motifs is 1. The molecule has 2 N–H and O–H groups in total. The quantitative estimate of drug-likeness (QED) is 0.487. The molecule has 0 amide bonds. The van der Waals surface area contributed by atoms with E-state index in [1.807, 2.05) is 0 Å². The highest BCUT2D eigenvalue weighted by molar-refractivity contribution is 6.35. The molecule has 0 bridgehead atoms. The van der Waals surface area contributed by atoms with Crippen LogP contribution in [0.25, 0.3) is 0 Å². The van der Waals surface area contributed by atoms with Gasteiger partial charge in [0.2, 0.25) is 11.4 Å². The van der Waals surface area contributed by atoms with E-state index in [0.29, 0.717) is 5.56 Å². The third-order valence-electron chi connectivity index (χ3n) is 6.83. The van der Waals surface area contributed by atoms with E-state index in [2.05, 4.69) is 0 Å². The maximum absolute atomic E-state index is 14.0. The van der Waals surface area contributed by atoms with Crippen LogP contribution in [-0.2, 0) is 14.3 Å². The van der Waals surface area contributed by atoms with E-state index in [0.717, 1.165) is 0 Å². The van der Waals surface area contributed by atoms with Crippen LogP contribution < -0.4 is 14.2 Å². The monoisotopic (exact) mass is 550 g/mol. The van der Waals surface area contributed by atoms with E-state index < -0.39 is 40.7 Å². The zero-order valence-corrected chi connectivity index (χ0v) is 21.9. The van der Waals surface area contributed by atoms with Crippen LogP contribution in [0.5, 0.6) is 23.0 Å². The van der Waals surface area contributed by atoms with Gasteiger partial charge in [-0.3, -0.25) is 14.4 Å². The van der Waals surface area contributed by atoms with Gasteiger partial charge in [-0.05, 0) is 17.7 Å². The molecule has 0 saturated carbocycles. The number of Topliss-reactive ketones (excluding diaryl/α,β-unsaturated/α-hetero) is 2. The number of phenols is 1. The Morgan fingerprint density at radius 1 is 1.14 bits per heavy atom. The fourth-order valence-corrected chi connectivity index (χ4v) is 5.37. The summed E-state index contributed by atoms with van der Waals surface area (Å²) in [7, 11) is 3.93. The molecule has 0 saturated heterocycles. The lowest BCUT2D eigenvalue weighted by Crippen LogP contribution is -2.53. The molecule has 2 aromatic rings. The number of allylic oxidation sites excluding steroid dienone is 1. The van der Waals surface area contributed by atoms with Crippen molar-refractivity contribution < 1.29 is 43.5 Å². The van der Waals surface area contributed by atoms with E-state index in [1.54, 1.807) is 6.92 Å². The first-order valence-corrected chi connectivity index (χ1v) is 12.0. The van der Waals surface area contributed by atoms with Crippen LogP contribution in [0.2, 0.25) is 10.0 Å². The number of halogens is 2. The van der Waals surface area contributed by atoms with Crippen LogP contribution in [0.4, 0.5) is 0 Å². The molecule has 9 nitrogen and oxygen atoms in total. The predicted molar refractivity (Wildman–Crippen MR) is 133 cm³/mol. The number of carbonyl (C=O) groups is 3. The minimum absolute atomic E-state index is 0.00148. The van der Waals surface area contributed by atoms with Gasteiger partial charge in [0.15, 0.2) is 17.3 Å². The third-order valence-corrected chi connectivity index (χ3v) is 7.49. The molecule has 4 rings (SSSR count). The van der Waals surface area contributed by atoms with E-state index in [9.17, 15) is 24.6 Å². The van der Waals surface area contributed by atoms with Crippen molar-refractivity contribution in [2.45, 2.75) is 31.3 Å². The van der Waals surface area contributed by atoms with Crippen LogP contribution in [0.1, 0.15) is 41.6 Å². The Balaban J connectivity index is 1.96. The average Bonchev–Trinajstić information content (AvgIpc) is 3.19. The van der Waals surface area contributed by atoms with Gasteiger partial charge in [0.25, 0.3) is 0 Å². The average molecular weight is 551 g/mol. The number of hydrogen-bond acceptors (Lipinski definition) is 9. The van der Waals surface area contributed by atoms with Crippen LogP contribution in [0, 0.1) is 5.92 Å². The van der Waals surface area contributed by atoms with Crippen LogP contribution >= 0.6 is 23.2 Å². The normalized spacial score (nSPS) is 21.5. The van der Waals surface area contributed by atoms with E-state index in [1.165, 1.54) is 45.6 Å². The first kappa shape index (κ1) is 26.6. The Morgan fingerprint density at radius 3 is 2.41 bits per heavy atom. The molecule has 11 heteroatoms. The molecular weight excluding hydrogens is 527 g/mol. The second-order valence-corrected chi connectivity index (χ2v) is 9.59. The molecule has 1 aliphatic heterocycles. The number of ketones is 2. The van der Waals surface area contributed by atoms with Crippen molar-refractivity contribution >= 4 is 40.7 Å². The number of phenolic OH excluding ortho intramolecular Hbond substituents is 1. The van der Waals surface area contributed by atoms with E-state index in [-0.39, 0.29) is 57.0 Å². The summed E-state index contributed by atoms with van der Waals surface area (Å²) >= 11 is 12.6. The zero-order chi connectivity index (χ0) is 27.2. The minimum Gasteiger partial charge on any atom is -0.507 e. The number of methoxy groups -OCH3 is 3. The molecule has 1 aliphatic carbocycles. The Labute approximate surface area is 222 Å². The molecule has 0 unspecified atom stereocenters. The fourth-order valence-electron chi connectivity index (χ4n) is 4.91. The molecule has 37 heavy (non-hydrogen) atoms. The first-order chi connectivity index (χ1) is 17.5. The van der Waals surface area contributed by atoms with Gasteiger partial charge >= 0.3 is 5.97 Å². The predicted octanol–water partition coefficient (Wildman–Crippen LogP) is 4.80. The van der Waals surface area contributed by atoms with Crippen LogP contribution in [0.15, 0.2) is 35.6 Å². The highest BCUT2D eigenvalue weighted by Crippen LogP contribution is 2.55. The van der Waals surface area contributed by atoms with Gasteiger partial charge in [0.1, 0.15) is 27.8 Å². The molecule has 0 fully saturated rings. The second kappa shape index (κ2) is 9.79. The number of aliphatic hydroxyl groups is 1. The molecule has 196 valence electrons. The molecular formula is C26H24Cl2O9. The van der Waals surface area contributed by atoms with E-state index in [4.69, 9.17) is 42.1 Å². The largest absolute Gasteiger partial charge is 0.507 e. The Hall–Kier alpha value is -3.43. The molecule has 0 radical (unpaired) electrons. The summed E-state index contributed by atoms with van der Waals surface area (Å²) < 4.78 is 21.6. The highest BCUT2D eigenvalue weighted by Gasteiger charge is 2.61. The lowest BCUT2D eigenvalue weighted by atomic mass is 9.69. The summed E-state index contributed by atoms with van der Waals surface area (Å²) in [6, 6.07) is 5.57. The van der Waals surface area contributed by atoms with Gasteiger partial charge in [0.05, 0.1) is 32.8 Å². The SMILES string of the molecule is COC(=O)C[C@H](C1=C(O)[C@@]2(Oc3c(Cl)c(OC)cc(OC)c3C2=O)[C@H](C)CC1=O)c1ccc(O)c(Cl)c1. The van der Waals surface area contributed by atoms with Gasteiger partial charge < -0.3 is 29.2 Å². The number of aliphatic hydroxyl groups excluding tert-OH is 1. The lowest BCUT2D eigenvalue weighted by Gasteiger charge is -2.38. The molecule has 1 heterocycles. The van der Waals surface area contributed by atoms with Gasteiger partial charge in [-0.25, -0.2) is 0 Å². The number of aromatic hydroxyl groups is 1. The molecule has 3 atom stereocenters. The van der Waals surface area contributed by atoms with Crippen molar-refractivity contribution in [2.75, 3.05) is 21.3 Å². The summed E-state index contributed by atoms with van der Waals surface area (Å²) in [6.45, 7) is 1.60. The van der Waals surface area contributed by atoms with Crippen molar-refractivity contribution in [3.8, 4) is 23.0 Å².